The molecule has 0 radical (unpaired) electrons. The number of nitrogen functional groups attached to an aromatic ring is 1. The summed E-state index contributed by atoms with van der Waals surface area (Å²) in [4.78, 5) is 16.1. The van der Waals surface area contributed by atoms with Gasteiger partial charge in [-0.1, -0.05) is 6.07 Å². The summed E-state index contributed by atoms with van der Waals surface area (Å²) in [5.41, 5.74) is 6.88. The van der Waals surface area contributed by atoms with E-state index in [0.29, 0.717) is 11.4 Å². The molecule has 0 saturated carbocycles. The highest BCUT2D eigenvalue weighted by molar-refractivity contribution is 5.91. The smallest absolute Gasteiger partial charge is 0.357 e. The number of fused-ring (bicyclic) bond motifs is 1. The molecule has 2 N–H and O–H groups in total. The number of anilines is 1. The summed E-state index contributed by atoms with van der Waals surface area (Å²) in [6.45, 7) is 5.48. The third-order valence-electron chi connectivity index (χ3n) is 2.32. The highest BCUT2D eigenvalue weighted by Gasteiger charge is 2.18. The maximum absolute atomic E-state index is 11.9. The van der Waals surface area contributed by atoms with Crippen LogP contribution in [0.1, 0.15) is 31.3 Å². The van der Waals surface area contributed by atoms with E-state index in [-0.39, 0.29) is 0 Å². The Hall–Kier alpha value is -2.10. The molecule has 18 heavy (non-hydrogen) atoms. The average Bonchev–Trinajstić information content (AvgIpc) is 2.26. The van der Waals surface area contributed by atoms with E-state index in [4.69, 9.17) is 10.5 Å². The third kappa shape index (κ3) is 2.77. The minimum Gasteiger partial charge on any atom is -0.455 e. The molecule has 0 amide bonds. The van der Waals surface area contributed by atoms with Crippen molar-refractivity contribution in [2.75, 3.05) is 5.73 Å². The van der Waals surface area contributed by atoms with E-state index in [1.807, 2.05) is 32.9 Å². The molecule has 0 saturated heterocycles. The van der Waals surface area contributed by atoms with Crippen molar-refractivity contribution in [3.8, 4) is 0 Å². The molecule has 0 spiro atoms. The molecule has 0 aliphatic rings. The van der Waals surface area contributed by atoms with E-state index >= 15 is 0 Å². The molecule has 0 atom stereocenters. The fraction of sp³-hybridized carbons (Fsp3) is 0.286. The highest BCUT2D eigenvalue weighted by atomic mass is 16.6. The van der Waals surface area contributed by atoms with Gasteiger partial charge < -0.3 is 10.5 Å². The van der Waals surface area contributed by atoms with Crippen molar-refractivity contribution >= 4 is 22.6 Å². The Kier molecular flexibility index (Phi) is 2.95. The second-order valence-corrected chi connectivity index (χ2v) is 5.15. The standard InChI is InChI=1S/C14H16N2O2/c1-14(2,3)18-13(17)12-6-4-9-8-10(15)5-7-11(9)16-12/h4-8H,15H2,1-3H3. The molecule has 0 aliphatic heterocycles. The van der Waals surface area contributed by atoms with Gasteiger partial charge in [-0.05, 0) is 45.0 Å². The van der Waals surface area contributed by atoms with E-state index in [0.717, 1.165) is 10.9 Å². The molecule has 2 aromatic rings. The first-order chi connectivity index (χ1) is 8.35. The minimum absolute atomic E-state index is 0.308. The third-order valence-corrected chi connectivity index (χ3v) is 2.32. The van der Waals surface area contributed by atoms with Crippen LogP contribution in [-0.4, -0.2) is 16.6 Å². The van der Waals surface area contributed by atoms with Crippen LogP contribution in [0.25, 0.3) is 10.9 Å². The molecule has 4 nitrogen and oxygen atoms in total. The van der Waals surface area contributed by atoms with Crippen molar-refractivity contribution < 1.29 is 9.53 Å². The van der Waals surface area contributed by atoms with Crippen molar-refractivity contribution in [2.24, 2.45) is 0 Å². The van der Waals surface area contributed by atoms with Crippen LogP contribution < -0.4 is 5.73 Å². The van der Waals surface area contributed by atoms with E-state index in [1.165, 1.54) is 0 Å². The Balaban J connectivity index is 2.36. The molecule has 0 bridgehead atoms. The van der Waals surface area contributed by atoms with Gasteiger partial charge in [0, 0.05) is 11.1 Å². The van der Waals surface area contributed by atoms with Gasteiger partial charge in [-0.2, -0.15) is 0 Å². The number of nitrogens with two attached hydrogens (primary N) is 1. The van der Waals surface area contributed by atoms with Gasteiger partial charge in [0.1, 0.15) is 11.3 Å². The number of ether oxygens (including phenoxy) is 1. The Morgan fingerprint density at radius 2 is 1.94 bits per heavy atom. The van der Waals surface area contributed by atoms with Gasteiger partial charge in [-0.25, -0.2) is 9.78 Å². The van der Waals surface area contributed by atoms with Crippen molar-refractivity contribution in [3.63, 3.8) is 0 Å². The number of carbonyl (C=O) groups excluding carboxylic acids is 1. The number of pyridine rings is 1. The molecule has 2 rings (SSSR count). The maximum atomic E-state index is 11.9. The lowest BCUT2D eigenvalue weighted by molar-refractivity contribution is 0.00633. The zero-order valence-electron chi connectivity index (χ0n) is 10.7. The SMILES string of the molecule is CC(C)(C)OC(=O)c1ccc2cc(N)ccc2n1. The summed E-state index contributed by atoms with van der Waals surface area (Å²) in [6.07, 6.45) is 0. The van der Waals surface area contributed by atoms with E-state index in [9.17, 15) is 4.79 Å². The Bertz CT molecular complexity index is 600. The number of esters is 1. The Morgan fingerprint density at radius 1 is 1.22 bits per heavy atom. The van der Waals surface area contributed by atoms with E-state index in [1.54, 1.807) is 18.2 Å². The topological polar surface area (TPSA) is 65.2 Å². The van der Waals surface area contributed by atoms with Crippen molar-refractivity contribution in [1.29, 1.82) is 0 Å². The van der Waals surface area contributed by atoms with Crippen LogP contribution in [0.15, 0.2) is 30.3 Å². The molecular formula is C14H16N2O2. The molecule has 1 aromatic carbocycles. The number of aromatic nitrogens is 1. The van der Waals surface area contributed by atoms with Crippen molar-refractivity contribution in [2.45, 2.75) is 26.4 Å². The predicted molar refractivity (Wildman–Crippen MR) is 71.3 cm³/mol. The van der Waals surface area contributed by atoms with Crippen LogP contribution in [0.2, 0.25) is 0 Å². The van der Waals surface area contributed by atoms with Crippen LogP contribution >= 0.6 is 0 Å². The summed E-state index contributed by atoms with van der Waals surface area (Å²) < 4.78 is 5.27. The zero-order valence-corrected chi connectivity index (χ0v) is 10.7. The number of hydrogen-bond acceptors (Lipinski definition) is 4. The molecule has 1 aromatic heterocycles. The molecule has 0 unspecified atom stereocenters. The summed E-state index contributed by atoms with van der Waals surface area (Å²) in [5, 5.41) is 0.905. The lowest BCUT2D eigenvalue weighted by Crippen LogP contribution is -2.24. The Labute approximate surface area is 106 Å². The fourth-order valence-electron chi connectivity index (χ4n) is 1.59. The molecular weight excluding hydrogens is 228 g/mol. The molecule has 0 aliphatic carbocycles. The Morgan fingerprint density at radius 3 is 2.61 bits per heavy atom. The zero-order chi connectivity index (χ0) is 13.3. The molecule has 1 heterocycles. The monoisotopic (exact) mass is 244 g/mol. The number of hydrogen-bond donors (Lipinski definition) is 1. The first-order valence-corrected chi connectivity index (χ1v) is 5.75. The van der Waals surface area contributed by atoms with Gasteiger partial charge in [0.2, 0.25) is 0 Å². The van der Waals surface area contributed by atoms with Gasteiger partial charge >= 0.3 is 5.97 Å². The van der Waals surface area contributed by atoms with Crippen LogP contribution in [-0.2, 0) is 4.74 Å². The largest absolute Gasteiger partial charge is 0.455 e. The van der Waals surface area contributed by atoms with Gasteiger partial charge in [-0.15, -0.1) is 0 Å². The molecule has 4 heteroatoms. The number of carbonyl (C=O) groups is 1. The van der Waals surface area contributed by atoms with Crippen LogP contribution in [0.5, 0.6) is 0 Å². The van der Waals surface area contributed by atoms with E-state index < -0.39 is 11.6 Å². The van der Waals surface area contributed by atoms with Crippen LogP contribution in [0.4, 0.5) is 5.69 Å². The average molecular weight is 244 g/mol. The van der Waals surface area contributed by atoms with Crippen molar-refractivity contribution in [1.82, 2.24) is 4.98 Å². The first-order valence-electron chi connectivity index (χ1n) is 5.75. The minimum atomic E-state index is -0.519. The lowest BCUT2D eigenvalue weighted by atomic mass is 10.1. The van der Waals surface area contributed by atoms with E-state index in [2.05, 4.69) is 4.98 Å². The van der Waals surface area contributed by atoms with Gasteiger partial charge in [0.15, 0.2) is 0 Å². The summed E-state index contributed by atoms with van der Waals surface area (Å²) >= 11 is 0. The van der Waals surface area contributed by atoms with Crippen LogP contribution in [0.3, 0.4) is 0 Å². The summed E-state index contributed by atoms with van der Waals surface area (Å²) in [7, 11) is 0. The number of benzene rings is 1. The second kappa shape index (κ2) is 4.29. The quantitative estimate of drug-likeness (QED) is 0.618. The highest BCUT2D eigenvalue weighted by Crippen LogP contribution is 2.17. The predicted octanol–water partition coefficient (Wildman–Crippen LogP) is 2.77. The van der Waals surface area contributed by atoms with Gasteiger partial charge in [0.25, 0.3) is 0 Å². The number of nitrogens with zero attached hydrogens (tertiary/aromatic N) is 1. The summed E-state index contributed by atoms with van der Waals surface area (Å²) in [5.74, 6) is -0.416. The lowest BCUT2D eigenvalue weighted by Gasteiger charge is -2.19. The molecule has 0 fully saturated rings. The van der Waals surface area contributed by atoms with Gasteiger partial charge in [-0.3, -0.25) is 0 Å². The van der Waals surface area contributed by atoms with Crippen LogP contribution in [0, 0.1) is 0 Å². The maximum Gasteiger partial charge on any atom is 0.357 e. The summed E-state index contributed by atoms with van der Waals surface area (Å²) in [6, 6.07) is 8.84. The fourth-order valence-corrected chi connectivity index (χ4v) is 1.59. The molecule has 94 valence electrons. The van der Waals surface area contributed by atoms with Crippen molar-refractivity contribution in [3.05, 3.63) is 36.0 Å². The van der Waals surface area contributed by atoms with Gasteiger partial charge in [0.05, 0.1) is 5.52 Å². The normalized spacial score (nSPS) is 11.5. The number of rotatable bonds is 1. The second-order valence-electron chi connectivity index (χ2n) is 5.15. The first kappa shape index (κ1) is 12.4.